The maximum absolute atomic E-state index is 11.7. The van der Waals surface area contributed by atoms with Crippen LogP contribution in [0.3, 0.4) is 0 Å². The van der Waals surface area contributed by atoms with E-state index in [-0.39, 0.29) is 11.7 Å². The molecule has 0 atom stereocenters. The van der Waals surface area contributed by atoms with Crippen molar-refractivity contribution < 1.29 is 4.79 Å². The summed E-state index contributed by atoms with van der Waals surface area (Å²) in [5.74, 6) is 0.420. The monoisotopic (exact) mass is 297 g/mol. The van der Waals surface area contributed by atoms with Crippen LogP contribution in [0.2, 0.25) is 5.02 Å². The molecule has 0 saturated heterocycles. The van der Waals surface area contributed by atoms with Crippen LogP contribution in [0.5, 0.6) is 0 Å². The van der Waals surface area contributed by atoms with Crippen molar-refractivity contribution >= 4 is 40.9 Å². The van der Waals surface area contributed by atoms with E-state index in [1.54, 1.807) is 35.9 Å². The molecule has 2 aromatic rings. The Morgan fingerprint density at radius 3 is 2.68 bits per heavy atom. The van der Waals surface area contributed by atoms with Crippen LogP contribution in [0.15, 0.2) is 29.4 Å². The SMILES string of the molecule is Cn1c(N)nnc1SCC(=O)Nc1ccc(Cl)cc1. The minimum atomic E-state index is -0.131. The van der Waals surface area contributed by atoms with Crippen molar-refractivity contribution in [2.75, 3.05) is 16.8 Å². The van der Waals surface area contributed by atoms with Crippen molar-refractivity contribution in [3.8, 4) is 0 Å². The lowest BCUT2D eigenvalue weighted by atomic mass is 10.3. The Morgan fingerprint density at radius 1 is 1.42 bits per heavy atom. The molecule has 1 aromatic carbocycles. The summed E-state index contributed by atoms with van der Waals surface area (Å²) in [6.07, 6.45) is 0. The number of thioether (sulfide) groups is 1. The second kappa shape index (κ2) is 5.94. The summed E-state index contributed by atoms with van der Waals surface area (Å²) in [6.45, 7) is 0. The highest BCUT2D eigenvalue weighted by Crippen LogP contribution is 2.17. The molecule has 0 aliphatic heterocycles. The number of rotatable bonds is 4. The van der Waals surface area contributed by atoms with Crippen LogP contribution >= 0.6 is 23.4 Å². The zero-order chi connectivity index (χ0) is 13.8. The first-order chi connectivity index (χ1) is 9.06. The van der Waals surface area contributed by atoms with Gasteiger partial charge >= 0.3 is 0 Å². The third-order valence-electron chi connectivity index (χ3n) is 2.33. The number of hydrogen-bond acceptors (Lipinski definition) is 5. The van der Waals surface area contributed by atoms with Gasteiger partial charge in [-0.25, -0.2) is 0 Å². The first-order valence-corrected chi connectivity index (χ1v) is 6.75. The fraction of sp³-hybridized carbons (Fsp3) is 0.182. The van der Waals surface area contributed by atoms with E-state index in [2.05, 4.69) is 15.5 Å². The van der Waals surface area contributed by atoms with Gasteiger partial charge in [0.1, 0.15) is 0 Å². The van der Waals surface area contributed by atoms with Crippen molar-refractivity contribution in [3.63, 3.8) is 0 Å². The molecule has 0 aliphatic rings. The van der Waals surface area contributed by atoms with Gasteiger partial charge < -0.3 is 11.1 Å². The first-order valence-electron chi connectivity index (χ1n) is 5.39. The number of halogens is 1. The van der Waals surface area contributed by atoms with Gasteiger partial charge in [0.2, 0.25) is 11.9 Å². The molecule has 1 heterocycles. The Kier molecular flexibility index (Phi) is 4.28. The second-order valence-corrected chi connectivity index (χ2v) is 5.12. The average Bonchev–Trinajstić information content (AvgIpc) is 2.70. The molecule has 0 bridgehead atoms. The molecule has 6 nitrogen and oxygen atoms in total. The summed E-state index contributed by atoms with van der Waals surface area (Å²) in [4.78, 5) is 11.7. The highest BCUT2D eigenvalue weighted by molar-refractivity contribution is 7.99. The summed E-state index contributed by atoms with van der Waals surface area (Å²) in [5, 5.41) is 11.6. The van der Waals surface area contributed by atoms with Crippen LogP contribution in [0.1, 0.15) is 0 Å². The second-order valence-electron chi connectivity index (χ2n) is 3.74. The van der Waals surface area contributed by atoms with Gasteiger partial charge in [-0.3, -0.25) is 9.36 Å². The molecule has 100 valence electrons. The summed E-state index contributed by atoms with van der Waals surface area (Å²) >= 11 is 7.03. The fourth-order valence-corrected chi connectivity index (χ4v) is 2.16. The van der Waals surface area contributed by atoms with Gasteiger partial charge in [-0.1, -0.05) is 23.4 Å². The van der Waals surface area contributed by atoms with E-state index in [1.165, 1.54) is 11.8 Å². The largest absolute Gasteiger partial charge is 0.368 e. The van der Waals surface area contributed by atoms with Crippen molar-refractivity contribution in [3.05, 3.63) is 29.3 Å². The molecule has 1 amide bonds. The number of benzene rings is 1. The Labute approximate surface area is 119 Å². The normalized spacial score (nSPS) is 10.4. The zero-order valence-corrected chi connectivity index (χ0v) is 11.7. The van der Waals surface area contributed by atoms with Gasteiger partial charge in [0, 0.05) is 17.8 Å². The molecule has 1 aromatic heterocycles. The van der Waals surface area contributed by atoms with Gasteiger partial charge in [0.25, 0.3) is 0 Å². The van der Waals surface area contributed by atoms with E-state index in [0.29, 0.717) is 21.8 Å². The zero-order valence-electron chi connectivity index (χ0n) is 10.1. The molecule has 0 radical (unpaired) electrons. The Morgan fingerprint density at radius 2 is 2.11 bits per heavy atom. The molecule has 3 N–H and O–H groups in total. The van der Waals surface area contributed by atoms with Crippen LogP contribution < -0.4 is 11.1 Å². The van der Waals surface area contributed by atoms with Gasteiger partial charge in [0.05, 0.1) is 5.75 Å². The minimum absolute atomic E-state index is 0.131. The lowest BCUT2D eigenvalue weighted by Gasteiger charge is -2.05. The first kappa shape index (κ1) is 13.7. The summed E-state index contributed by atoms with van der Waals surface area (Å²) in [5.41, 5.74) is 6.25. The number of amides is 1. The number of aromatic nitrogens is 3. The van der Waals surface area contributed by atoms with Gasteiger partial charge in [-0.2, -0.15) is 0 Å². The van der Waals surface area contributed by atoms with E-state index >= 15 is 0 Å². The van der Waals surface area contributed by atoms with E-state index < -0.39 is 0 Å². The van der Waals surface area contributed by atoms with E-state index in [4.69, 9.17) is 17.3 Å². The number of nitrogens with zero attached hydrogens (tertiary/aromatic N) is 3. The lowest BCUT2D eigenvalue weighted by molar-refractivity contribution is -0.113. The van der Waals surface area contributed by atoms with Crippen LogP contribution in [0.4, 0.5) is 11.6 Å². The highest BCUT2D eigenvalue weighted by atomic mass is 35.5. The van der Waals surface area contributed by atoms with Crippen LogP contribution in [-0.2, 0) is 11.8 Å². The molecule has 0 aliphatic carbocycles. The number of nitrogen functional groups attached to an aromatic ring is 1. The molecule has 0 saturated carbocycles. The van der Waals surface area contributed by atoms with Crippen LogP contribution in [0.25, 0.3) is 0 Å². The number of hydrogen-bond donors (Lipinski definition) is 2. The number of carbonyl (C=O) groups is 1. The maximum atomic E-state index is 11.7. The van der Waals surface area contributed by atoms with E-state index in [9.17, 15) is 4.79 Å². The predicted octanol–water partition coefficient (Wildman–Crippen LogP) is 1.78. The van der Waals surface area contributed by atoms with Gasteiger partial charge in [-0.15, -0.1) is 10.2 Å². The third kappa shape index (κ3) is 3.62. The predicted molar refractivity (Wildman–Crippen MR) is 76.2 cm³/mol. The van der Waals surface area contributed by atoms with Crippen LogP contribution in [-0.4, -0.2) is 26.4 Å². The highest BCUT2D eigenvalue weighted by Gasteiger charge is 2.09. The molecule has 0 unspecified atom stereocenters. The summed E-state index contributed by atoms with van der Waals surface area (Å²) in [7, 11) is 1.74. The molecule has 0 spiro atoms. The van der Waals surface area contributed by atoms with Crippen molar-refractivity contribution in [1.82, 2.24) is 14.8 Å². The van der Waals surface area contributed by atoms with Crippen LogP contribution in [0, 0.1) is 0 Å². The molecular weight excluding hydrogens is 286 g/mol. The Bertz CT molecular complexity index is 583. The quantitative estimate of drug-likeness (QED) is 0.840. The number of nitrogens with two attached hydrogens (primary N) is 1. The summed E-state index contributed by atoms with van der Waals surface area (Å²) < 4.78 is 1.63. The minimum Gasteiger partial charge on any atom is -0.368 e. The maximum Gasteiger partial charge on any atom is 0.234 e. The number of nitrogens with one attached hydrogen (secondary N) is 1. The third-order valence-corrected chi connectivity index (χ3v) is 3.60. The van der Waals surface area contributed by atoms with E-state index in [1.807, 2.05) is 0 Å². The fourth-order valence-electron chi connectivity index (χ4n) is 1.31. The Hall–Kier alpha value is -1.73. The summed E-state index contributed by atoms with van der Waals surface area (Å²) in [6, 6.07) is 6.91. The Balaban J connectivity index is 1.88. The van der Waals surface area contributed by atoms with Crippen molar-refractivity contribution in [2.24, 2.45) is 7.05 Å². The molecule has 8 heteroatoms. The van der Waals surface area contributed by atoms with Crippen molar-refractivity contribution in [2.45, 2.75) is 5.16 Å². The van der Waals surface area contributed by atoms with Gasteiger partial charge in [-0.05, 0) is 24.3 Å². The lowest BCUT2D eigenvalue weighted by Crippen LogP contribution is -2.14. The standard InChI is InChI=1S/C11H12ClN5OS/c1-17-10(13)15-16-11(17)19-6-9(18)14-8-4-2-7(12)3-5-8/h2-5H,6H2,1H3,(H2,13,15)(H,14,18). The van der Waals surface area contributed by atoms with Gasteiger partial charge in [0.15, 0.2) is 5.16 Å². The average molecular weight is 298 g/mol. The number of carbonyl (C=O) groups excluding carboxylic acids is 1. The smallest absolute Gasteiger partial charge is 0.234 e. The van der Waals surface area contributed by atoms with Crippen molar-refractivity contribution in [1.29, 1.82) is 0 Å². The topological polar surface area (TPSA) is 85.8 Å². The molecule has 0 fully saturated rings. The molecule has 2 rings (SSSR count). The van der Waals surface area contributed by atoms with E-state index in [0.717, 1.165) is 0 Å². The molecular formula is C11H12ClN5OS. The molecule has 19 heavy (non-hydrogen) atoms. The number of anilines is 2.